The lowest BCUT2D eigenvalue weighted by Gasteiger charge is -2.18. The van der Waals surface area contributed by atoms with Crippen LogP contribution < -0.4 is 9.47 Å². The lowest BCUT2D eigenvalue weighted by molar-refractivity contribution is 0.171. The van der Waals surface area contributed by atoms with Crippen molar-refractivity contribution in [3.8, 4) is 22.9 Å². The van der Waals surface area contributed by atoms with Crippen LogP contribution in [0.25, 0.3) is 11.4 Å². The Morgan fingerprint density at radius 3 is 2.67 bits per heavy atom. The lowest BCUT2D eigenvalue weighted by Crippen LogP contribution is -2.15. The Balaban J connectivity index is 1.95. The maximum Gasteiger partial charge on any atom is 0.181 e. The molecule has 18 heavy (non-hydrogen) atoms. The van der Waals surface area contributed by atoms with E-state index in [4.69, 9.17) is 9.47 Å². The van der Waals surface area contributed by atoms with E-state index in [9.17, 15) is 0 Å². The zero-order chi connectivity index (χ0) is 12.5. The maximum atomic E-state index is 5.55. The fraction of sp³-hybridized carbons (Fsp3) is 0.385. The molecule has 1 aromatic carbocycles. The molecule has 0 radical (unpaired) electrons. The molecule has 5 heteroatoms. The van der Waals surface area contributed by atoms with Crippen LogP contribution in [0.1, 0.15) is 25.6 Å². The summed E-state index contributed by atoms with van der Waals surface area (Å²) < 4.78 is 11.0. The number of nitrogens with zero attached hydrogens (tertiary/aromatic N) is 2. The van der Waals surface area contributed by atoms with Gasteiger partial charge in [-0.15, -0.1) is 0 Å². The van der Waals surface area contributed by atoms with Gasteiger partial charge in [0.1, 0.15) is 19.0 Å². The van der Waals surface area contributed by atoms with Crippen molar-refractivity contribution in [2.24, 2.45) is 0 Å². The Labute approximate surface area is 105 Å². The number of H-pyrrole nitrogens is 1. The number of fused-ring (bicyclic) bond motifs is 1. The normalized spacial score (nSPS) is 13.9. The number of ether oxygens (including phenoxy) is 2. The molecule has 0 atom stereocenters. The third-order valence-electron chi connectivity index (χ3n) is 2.85. The van der Waals surface area contributed by atoms with Gasteiger partial charge in [-0.25, -0.2) is 4.98 Å². The van der Waals surface area contributed by atoms with Crippen LogP contribution >= 0.6 is 0 Å². The SMILES string of the molecule is CC(C)c1nc(-c2ccc3c(c2)OCCO3)n[nH]1. The Kier molecular flexibility index (Phi) is 2.66. The molecule has 1 aliphatic heterocycles. The fourth-order valence-electron chi connectivity index (χ4n) is 1.84. The van der Waals surface area contributed by atoms with Gasteiger partial charge in [0.05, 0.1) is 0 Å². The van der Waals surface area contributed by atoms with E-state index in [0.29, 0.717) is 25.0 Å². The predicted molar refractivity (Wildman–Crippen MR) is 66.9 cm³/mol. The summed E-state index contributed by atoms with van der Waals surface area (Å²) in [7, 11) is 0. The van der Waals surface area contributed by atoms with Gasteiger partial charge in [-0.2, -0.15) is 5.10 Å². The van der Waals surface area contributed by atoms with E-state index < -0.39 is 0 Å². The van der Waals surface area contributed by atoms with Gasteiger partial charge in [0.25, 0.3) is 0 Å². The average molecular weight is 245 g/mol. The standard InChI is InChI=1S/C13H15N3O2/c1-8(2)12-14-13(16-15-12)9-3-4-10-11(7-9)18-6-5-17-10/h3-4,7-8H,5-6H2,1-2H3,(H,14,15,16). The van der Waals surface area contributed by atoms with Gasteiger partial charge in [0.15, 0.2) is 17.3 Å². The molecule has 0 unspecified atom stereocenters. The first-order chi connectivity index (χ1) is 8.74. The molecule has 94 valence electrons. The molecule has 0 aliphatic carbocycles. The van der Waals surface area contributed by atoms with Crippen molar-refractivity contribution in [1.82, 2.24) is 15.2 Å². The molecule has 0 spiro atoms. The smallest absolute Gasteiger partial charge is 0.181 e. The molecular weight excluding hydrogens is 230 g/mol. The first-order valence-electron chi connectivity index (χ1n) is 6.06. The second-order valence-corrected chi connectivity index (χ2v) is 4.56. The minimum Gasteiger partial charge on any atom is -0.486 e. The second-order valence-electron chi connectivity index (χ2n) is 4.56. The summed E-state index contributed by atoms with van der Waals surface area (Å²) in [5.74, 6) is 3.46. The molecule has 1 N–H and O–H groups in total. The molecule has 2 heterocycles. The van der Waals surface area contributed by atoms with Crippen molar-refractivity contribution in [2.45, 2.75) is 19.8 Å². The summed E-state index contributed by atoms with van der Waals surface area (Å²) in [6.45, 7) is 5.34. The molecule has 3 rings (SSSR count). The van der Waals surface area contributed by atoms with Gasteiger partial charge in [-0.1, -0.05) is 13.8 Å². The second kappa shape index (κ2) is 4.33. The minimum atomic E-state index is 0.337. The summed E-state index contributed by atoms with van der Waals surface area (Å²) in [5.41, 5.74) is 0.933. The van der Waals surface area contributed by atoms with E-state index >= 15 is 0 Å². The molecule has 0 bridgehead atoms. The largest absolute Gasteiger partial charge is 0.486 e. The summed E-state index contributed by atoms with van der Waals surface area (Å²) >= 11 is 0. The molecule has 1 aromatic heterocycles. The zero-order valence-corrected chi connectivity index (χ0v) is 10.4. The fourth-order valence-corrected chi connectivity index (χ4v) is 1.84. The van der Waals surface area contributed by atoms with Crippen molar-refractivity contribution in [2.75, 3.05) is 13.2 Å². The van der Waals surface area contributed by atoms with Gasteiger partial charge in [-0.3, -0.25) is 5.10 Å². The van der Waals surface area contributed by atoms with E-state index in [0.717, 1.165) is 22.9 Å². The summed E-state index contributed by atoms with van der Waals surface area (Å²) in [6, 6.07) is 5.76. The highest BCUT2D eigenvalue weighted by molar-refractivity contribution is 5.61. The third kappa shape index (κ3) is 1.92. The van der Waals surface area contributed by atoms with Crippen LogP contribution in [-0.2, 0) is 0 Å². The van der Waals surface area contributed by atoms with Crippen LogP contribution in [-0.4, -0.2) is 28.4 Å². The Morgan fingerprint density at radius 2 is 1.94 bits per heavy atom. The van der Waals surface area contributed by atoms with Crippen LogP contribution in [0.3, 0.4) is 0 Å². The lowest BCUT2D eigenvalue weighted by atomic mass is 10.2. The van der Waals surface area contributed by atoms with Crippen LogP contribution in [0.15, 0.2) is 18.2 Å². The molecule has 0 fully saturated rings. The van der Waals surface area contributed by atoms with Crippen LogP contribution in [0.4, 0.5) is 0 Å². The molecule has 2 aromatic rings. The maximum absolute atomic E-state index is 5.55. The van der Waals surface area contributed by atoms with Gasteiger partial charge in [-0.05, 0) is 18.2 Å². The number of nitrogens with one attached hydrogen (secondary N) is 1. The molecular formula is C13H15N3O2. The number of benzene rings is 1. The number of aromatic nitrogens is 3. The molecule has 5 nitrogen and oxygen atoms in total. The van der Waals surface area contributed by atoms with Crippen LogP contribution in [0.5, 0.6) is 11.5 Å². The van der Waals surface area contributed by atoms with E-state index in [2.05, 4.69) is 29.0 Å². The van der Waals surface area contributed by atoms with Gasteiger partial charge in [0.2, 0.25) is 0 Å². The van der Waals surface area contributed by atoms with Crippen LogP contribution in [0, 0.1) is 0 Å². The van der Waals surface area contributed by atoms with Crippen molar-refractivity contribution >= 4 is 0 Å². The number of hydrogen-bond acceptors (Lipinski definition) is 4. The van der Waals surface area contributed by atoms with Crippen LogP contribution in [0.2, 0.25) is 0 Å². The van der Waals surface area contributed by atoms with Gasteiger partial charge >= 0.3 is 0 Å². The molecule has 0 amide bonds. The first-order valence-corrected chi connectivity index (χ1v) is 6.06. The highest BCUT2D eigenvalue weighted by atomic mass is 16.6. The predicted octanol–water partition coefficient (Wildman–Crippen LogP) is 2.37. The summed E-state index contributed by atoms with van der Waals surface area (Å²) in [4.78, 5) is 4.47. The summed E-state index contributed by atoms with van der Waals surface area (Å²) in [5, 5.41) is 7.17. The third-order valence-corrected chi connectivity index (χ3v) is 2.85. The Hall–Kier alpha value is -2.04. The van der Waals surface area contributed by atoms with E-state index in [1.807, 2.05) is 18.2 Å². The van der Waals surface area contributed by atoms with Gasteiger partial charge in [0, 0.05) is 11.5 Å². The topological polar surface area (TPSA) is 60.0 Å². The van der Waals surface area contributed by atoms with Crippen molar-refractivity contribution < 1.29 is 9.47 Å². The highest BCUT2D eigenvalue weighted by Gasteiger charge is 2.14. The minimum absolute atomic E-state index is 0.337. The van der Waals surface area contributed by atoms with E-state index in [1.165, 1.54) is 0 Å². The Morgan fingerprint density at radius 1 is 1.17 bits per heavy atom. The summed E-state index contributed by atoms with van der Waals surface area (Å²) in [6.07, 6.45) is 0. The number of rotatable bonds is 2. The van der Waals surface area contributed by atoms with Crippen molar-refractivity contribution in [1.29, 1.82) is 0 Å². The Bertz CT molecular complexity index is 563. The van der Waals surface area contributed by atoms with E-state index in [-0.39, 0.29) is 0 Å². The van der Waals surface area contributed by atoms with Crippen molar-refractivity contribution in [3.05, 3.63) is 24.0 Å². The van der Waals surface area contributed by atoms with Gasteiger partial charge < -0.3 is 9.47 Å². The van der Waals surface area contributed by atoms with Crippen molar-refractivity contribution in [3.63, 3.8) is 0 Å². The first kappa shape index (κ1) is 11.1. The monoisotopic (exact) mass is 245 g/mol. The van der Waals surface area contributed by atoms with E-state index in [1.54, 1.807) is 0 Å². The molecule has 0 saturated carbocycles. The number of aromatic amines is 1. The average Bonchev–Trinajstić information content (AvgIpc) is 2.88. The number of hydrogen-bond donors (Lipinski definition) is 1. The quantitative estimate of drug-likeness (QED) is 0.882. The zero-order valence-electron chi connectivity index (χ0n) is 10.4. The molecule has 0 saturated heterocycles. The molecule has 1 aliphatic rings. The highest BCUT2D eigenvalue weighted by Crippen LogP contribution is 2.33.